The number of hydrogen-bond donors (Lipinski definition) is 1. The molecule has 0 bridgehead atoms. The van der Waals surface area contributed by atoms with E-state index in [2.05, 4.69) is 26.7 Å². The first kappa shape index (κ1) is 14.6. The third kappa shape index (κ3) is 3.28. The van der Waals surface area contributed by atoms with Crippen molar-refractivity contribution in [1.29, 1.82) is 0 Å². The van der Waals surface area contributed by atoms with Crippen molar-refractivity contribution in [2.45, 2.75) is 51.5 Å². The Hall–Kier alpha value is -1.36. The molecule has 1 aliphatic heterocycles. The Morgan fingerprint density at radius 3 is 2.71 bits per heavy atom. The van der Waals surface area contributed by atoms with E-state index in [1.807, 2.05) is 6.20 Å². The second-order valence-electron chi connectivity index (χ2n) is 6.25. The Labute approximate surface area is 127 Å². The van der Waals surface area contributed by atoms with Crippen LogP contribution in [0, 0.1) is 0 Å². The smallest absolute Gasteiger partial charge is 0.221 e. The summed E-state index contributed by atoms with van der Waals surface area (Å²) >= 11 is 0. The number of nitrogen functional groups attached to an aromatic ring is 1. The SMILES string of the molecule is CCc1cnc(N)nc1N1CCCN(C2CCCC2)CC1. The minimum Gasteiger partial charge on any atom is -0.368 e. The van der Waals surface area contributed by atoms with Crippen molar-refractivity contribution in [3.8, 4) is 0 Å². The van der Waals surface area contributed by atoms with Gasteiger partial charge in [-0.05, 0) is 25.7 Å². The van der Waals surface area contributed by atoms with Crippen LogP contribution in [-0.4, -0.2) is 47.1 Å². The van der Waals surface area contributed by atoms with E-state index in [9.17, 15) is 0 Å². The summed E-state index contributed by atoms with van der Waals surface area (Å²) in [5.74, 6) is 1.44. The Kier molecular flexibility index (Phi) is 4.58. The molecule has 0 aromatic carbocycles. The van der Waals surface area contributed by atoms with Crippen molar-refractivity contribution in [3.05, 3.63) is 11.8 Å². The van der Waals surface area contributed by atoms with Crippen LogP contribution in [0.2, 0.25) is 0 Å². The van der Waals surface area contributed by atoms with E-state index in [0.717, 1.165) is 37.9 Å². The quantitative estimate of drug-likeness (QED) is 0.923. The summed E-state index contributed by atoms with van der Waals surface area (Å²) in [4.78, 5) is 13.7. The van der Waals surface area contributed by atoms with Crippen LogP contribution in [-0.2, 0) is 6.42 Å². The van der Waals surface area contributed by atoms with Crippen molar-refractivity contribution in [3.63, 3.8) is 0 Å². The number of nitrogens with zero attached hydrogens (tertiary/aromatic N) is 4. The van der Waals surface area contributed by atoms with Crippen molar-refractivity contribution >= 4 is 11.8 Å². The van der Waals surface area contributed by atoms with E-state index in [1.165, 1.54) is 44.2 Å². The largest absolute Gasteiger partial charge is 0.368 e. The molecule has 2 aliphatic rings. The highest BCUT2D eigenvalue weighted by Gasteiger charge is 2.25. The van der Waals surface area contributed by atoms with E-state index in [-0.39, 0.29) is 0 Å². The molecule has 2 fully saturated rings. The number of rotatable bonds is 3. The molecule has 0 amide bonds. The zero-order valence-corrected chi connectivity index (χ0v) is 13.1. The van der Waals surface area contributed by atoms with Gasteiger partial charge in [-0.2, -0.15) is 4.98 Å². The number of aromatic nitrogens is 2. The Morgan fingerprint density at radius 2 is 1.95 bits per heavy atom. The first-order valence-electron chi connectivity index (χ1n) is 8.38. The summed E-state index contributed by atoms with van der Waals surface area (Å²) < 4.78 is 0. The van der Waals surface area contributed by atoms with Crippen molar-refractivity contribution in [2.24, 2.45) is 0 Å². The second kappa shape index (κ2) is 6.60. The molecule has 21 heavy (non-hydrogen) atoms. The molecule has 0 radical (unpaired) electrons. The van der Waals surface area contributed by atoms with E-state index in [1.54, 1.807) is 0 Å². The van der Waals surface area contributed by atoms with Gasteiger partial charge < -0.3 is 10.6 Å². The lowest BCUT2D eigenvalue weighted by atomic mass is 10.2. The fourth-order valence-electron chi connectivity index (χ4n) is 3.72. The molecular formula is C16H27N5. The van der Waals surface area contributed by atoms with Gasteiger partial charge >= 0.3 is 0 Å². The van der Waals surface area contributed by atoms with E-state index < -0.39 is 0 Å². The predicted octanol–water partition coefficient (Wildman–Crippen LogP) is 2.08. The van der Waals surface area contributed by atoms with Crippen molar-refractivity contribution in [1.82, 2.24) is 14.9 Å². The van der Waals surface area contributed by atoms with E-state index in [0.29, 0.717) is 5.95 Å². The molecule has 1 aliphatic carbocycles. The van der Waals surface area contributed by atoms with Gasteiger partial charge in [-0.25, -0.2) is 4.98 Å². The maximum atomic E-state index is 5.80. The number of hydrogen-bond acceptors (Lipinski definition) is 5. The molecule has 2 heterocycles. The average molecular weight is 289 g/mol. The molecule has 1 saturated carbocycles. The normalized spacial score (nSPS) is 21.7. The lowest BCUT2D eigenvalue weighted by Gasteiger charge is -2.28. The van der Waals surface area contributed by atoms with Crippen LogP contribution in [0.15, 0.2) is 6.20 Å². The minimum absolute atomic E-state index is 0.388. The molecule has 1 aromatic rings. The van der Waals surface area contributed by atoms with Crippen LogP contribution in [0.5, 0.6) is 0 Å². The molecule has 0 atom stereocenters. The van der Waals surface area contributed by atoms with Crippen molar-refractivity contribution < 1.29 is 0 Å². The van der Waals surface area contributed by atoms with Gasteiger partial charge in [0.1, 0.15) is 5.82 Å². The van der Waals surface area contributed by atoms with Gasteiger partial charge in [-0.1, -0.05) is 19.8 Å². The highest BCUT2D eigenvalue weighted by atomic mass is 15.3. The van der Waals surface area contributed by atoms with E-state index in [4.69, 9.17) is 5.73 Å². The van der Waals surface area contributed by atoms with Crippen LogP contribution >= 0.6 is 0 Å². The Morgan fingerprint density at radius 1 is 1.14 bits per heavy atom. The Bertz CT molecular complexity index is 470. The topological polar surface area (TPSA) is 58.3 Å². The Balaban J connectivity index is 1.71. The zero-order chi connectivity index (χ0) is 14.7. The number of aryl methyl sites for hydroxylation is 1. The summed E-state index contributed by atoms with van der Waals surface area (Å²) in [6.45, 7) is 6.66. The number of anilines is 2. The van der Waals surface area contributed by atoms with Gasteiger partial charge in [0.15, 0.2) is 0 Å². The maximum absolute atomic E-state index is 5.80. The van der Waals surface area contributed by atoms with E-state index >= 15 is 0 Å². The van der Waals surface area contributed by atoms with Gasteiger partial charge in [-0.15, -0.1) is 0 Å². The summed E-state index contributed by atoms with van der Waals surface area (Å²) in [5.41, 5.74) is 7.00. The lowest BCUT2D eigenvalue weighted by molar-refractivity contribution is 0.213. The van der Waals surface area contributed by atoms with Gasteiger partial charge in [0.05, 0.1) is 0 Å². The summed E-state index contributed by atoms with van der Waals surface area (Å²) in [6, 6.07) is 0.825. The molecule has 1 saturated heterocycles. The zero-order valence-electron chi connectivity index (χ0n) is 13.1. The van der Waals surface area contributed by atoms with Crippen LogP contribution in [0.1, 0.15) is 44.6 Å². The third-order valence-corrected chi connectivity index (χ3v) is 4.91. The standard InChI is InChI=1S/C16H27N5/c1-2-13-12-18-16(17)19-15(13)21-9-5-8-20(10-11-21)14-6-3-4-7-14/h12,14H,2-11H2,1H3,(H2,17,18,19). The second-order valence-corrected chi connectivity index (χ2v) is 6.25. The average Bonchev–Trinajstić information content (AvgIpc) is 2.92. The van der Waals surface area contributed by atoms with Gasteiger partial charge in [0, 0.05) is 44.0 Å². The molecule has 2 N–H and O–H groups in total. The van der Waals surface area contributed by atoms with Crippen molar-refractivity contribution in [2.75, 3.05) is 36.8 Å². The predicted molar refractivity (Wildman–Crippen MR) is 86.5 cm³/mol. The monoisotopic (exact) mass is 289 g/mol. The molecule has 5 heteroatoms. The minimum atomic E-state index is 0.388. The number of nitrogens with two attached hydrogens (primary N) is 1. The highest BCUT2D eigenvalue weighted by molar-refractivity contribution is 5.48. The first-order chi connectivity index (χ1) is 10.3. The van der Waals surface area contributed by atoms with Crippen LogP contribution in [0.25, 0.3) is 0 Å². The third-order valence-electron chi connectivity index (χ3n) is 4.91. The maximum Gasteiger partial charge on any atom is 0.221 e. The fourth-order valence-corrected chi connectivity index (χ4v) is 3.72. The van der Waals surface area contributed by atoms with Crippen LogP contribution < -0.4 is 10.6 Å². The summed E-state index contributed by atoms with van der Waals surface area (Å²) in [7, 11) is 0. The molecule has 0 spiro atoms. The molecule has 0 unspecified atom stereocenters. The first-order valence-corrected chi connectivity index (χ1v) is 8.38. The highest BCUT2D eigenvalue weighted by Crippen LogP contribution is 2.26. The summed E-state index contributed by atoms with van der Waals surface area (Å²) in [5, 5.41) is 0. The van der Waals surface area contributed by atoms with Gasteiger partial charge in [0.2, 0.25) is 5.95 Å². The fraction of sp³-hybridized carbons (Fsp3) is 0.750. The van der Waals surface area contributed by atoms with Gasteiger partial charge in [0.25, 0.3) is 0 Å². The molecule has 3 rings (SSSR count). The van der Waals surface area contributed by atoms with Crippen LogP contribution in [0.3, 0.4) is 0 Å². The van der Waals surface area contributed by atoms with Crippen LogP contribution in [0.4, 0.5) is 11.8 Å². The molecule has 116 valence electrons. The summed E-state index contributed by atoms with van der Waals surface area (Å²) in [6.07, 6.45) is 9.65. The molecular weight excluding hydrogens is 262 g/mol. The molecule has 5 nitrogen and oxygen atoms in total. The van der Waals surface area contributed by atoms with Gasteiger partial charge in [-0.3, -0.25) is 4.90 Å². The lowest BCUT2D eigenvalue weighted by Crippen LogP contribution is -2.37. The molecule has 1 aromatic heterocycles.